The average molecular weight is 245 g/mol. The average Bonchev–Trinajstić information content (AvgIpc) is 2.28. The zero-order valence-corrected chi connectivity index (χ0v) is 12.7. The minimum atomic E-state index is 1.27. The van der Waals surface area contributed by atoms with Crippen molar-refractivity contribution in [1.82, 2.24) is 4.67 Å². The van der Waals surface area contributed by atoms with E-state index in [1.165, 1.54) is 77.3 Å². The minimum Gasteiger partial charge on any atom is -0.287 e. The molecule has 0 N–H and O–H groups in total. The summed E-state index contributed by atoms with van der Waals surface area (Å²) < 4.78 is 2.43. The molecule has 16 heavy (non-hydrogen) atoms. The first kappa shape index (κ1) is 16.4. The Labute approximate surface area is 106 Å². The monoisotopic (exact) mass is 245 g/mol. The first-order chi connectivity index (χ1) is 7.81. The molecule has 0 fully saturated rings. The van der Waals surface area contributed by atoms with Crippen LogP contribution in [0.1, 0.15) is 78.1 Å². The number of nitrogens with zero attached hydrogens (tertiary/aromatic N) is 1. The fraction of sp³-hybridized carbons (Fsp3) is 1.00. The molecule has 0 saturated heterocycles. The maximum atomic E-state index is 2.89. The van der Waals surface area contributed by atoms with Crippen molar-refractivity contribution in [3.63, 3.8) is 0 Å². The Morgan fingerprint density at radius 1 is 0.625 bits per heavy atom. The van der Waals surface area contributed by atoms with E-state index in [2.05, 4.69) is 27.9 Å². The molecule has 1 unspecified atom stereocenters. The third kappa shape index (κ3) is 12.5. The zero-order chi connectivity index (χ0) is 12.1. The Kier molecular flexibility index (Phi) is 13.8. The molecule has 0 spiro atoms. The van der Waals surface area contributed by atoms with Gasteiger partial charge in [0.2, 0.25) is 0 Å². The van der Waals surface area contributed by atoms with Crippen LogP contribution in [0, 0.1) is 0 Å². The van der Waals surface area contributed by atoms with E-state index in [0.29, 0.717) is 0 Å². The summed E-state index contributed by atoms with van der Waals surface area (Å²) in [6, 6.07) is 0. The fourth-order valence-corrected chi connectivity index (χ4v) is 2.31. The molecule has 0 rings (SSSR count). The van der Waals surface area contributed by atoms with Gasteiger partial charge in [0, 0.05) is 13.1 Å². The summed E-state index contributed by atoms with van der Waals surface area (Å²) in [6.45, 7) is 7.08. The van der Waals surface area contributed by atoms with Crippen molar-refractivity contribution in [2.75, 3.05) is 13.1 Å². The molecule has 98 valence electrons. The van der Waals surface area contributed by atoms with Crippen LogP contribution >= 0.6 is 9.39 Å². The Bertz CT molecular complexity index is 114. The molecule has 0 aliphatic heterocycles. The predicted octanol–water partition coefficient (Wildman–Crippen LogP) is 5.02. The van der Waals surface area contributed by atoms with Crippen LogP contribution in [-0.2, 0) is 0 Å². The molecule has 0 aromatic heterocycles. The van der Waals surface area contributed by atoms with E-state index in [0.717, 1.165) is 0 Å². The highest BCUT2D eigenvalue weighted by Crippen LogP contribution is 2.09. The van der Waals surface area contributed by atoms with E-state index < -0.39 is 0 Å². The Balaban J connectivity index is 3.09. The van der Waals surface area contributed by atoms with Gasteiger partial charge in [0.1, 0.15) is 0 Å². The smallest absolute Gasteiger partial charge is 0.00161 e. The van der Waals surface area contributed by atoms with Gasteiger partial charge < -0.3 is 0 Å². The predicted molar refractivity (Wildman–Crippen MR) is 78.8 cm³/mol. The summed E-state index contributed by atoms with van der Waals surface area (Å²) in [6.07, 6.45) is 13.9. The molecule has 0 amide bonds. The summed E-state index contributed by atoms with van der Waals surface area (Å²) in [7, 11) is 2.89. The van der Waals surface area contributed by atoms with Crippen molar-refractivity contribution in [1.29, 1.82) is 0 Å². The molecule has 0 radical (unpaired) electrons. The Morgan fingerprint density at radius 2 is 1.00 bits per heavy atom. The van der Waals surface area contributed by atoms with Gasteiger partial charge in [0.05, 0.1) is 0 Å². The van der Waals surface area contributed by atoms with Crippen LogP contribution in [0.3, 0.4) is 0 Å². The Hall–Kier alpha value is 0.390. The van der Waals surface area contributed by atoms with Crippen LogP contribution in [0.5, 0.6) is 0 Å². The highest BCUT2D eigenvalue weighted by Gasteiger charge is 1.98. The second-order valence-electron chi connectivity index (χ2n) is 4.86. The third-order valence-corrected chi connectivity index (χ3v) is 3.61. The van der Waals surface area contributed by atoms with E-state index >= 15 is 0 Å². The normalized spacial score (nSPS) is 11.2. The van der Waals surface area contributed by atoms with Crippen molar-refractivity contribution in [3.05, 3.63) is 0 Å². The van der Waals surface area contributed by atoms with Gasteiger partial charge in [-0.05, 0) is 12.8 Å². The van der Waals surface area contributed by atoms with Crippen LogP contribution < -0.4 is 0 Å². The van der Waals surface area contributed by atoms with Crippen LogP contribution in [0.4, 0.5) is 0 Å². The standard InChI is InChI=1S/C14H32NP/c1-3-5-7-9-11-13-15(16)14-12-10-8-6-4-2/h3-14,16H2,1-2H3. The lowest BCUT2D eigenvalue weighted by molar-refractivity contribution is 0.425. The molecule has 1 nitrogen and oxygen atoms in total. The second kappa shape index (κ2) is 13.5. The minimum absolute atomic E-state index is 1.27. The van der Waals surface area contributed by atoms with Gasteiger partial charge >= 0.3 is 0 Å². The maximum Gasteiger partial charge on any atom is 0.00161 e. The quantitative estimate of drug-likeness (QED) is 0.345. The number of hydrogen-bond donors (Lipinski definition) is 0. The molecule has 0 saturated carbocycles. The third-order valence-electron chi connectivity index (χ3n) is 3.10. The molecule has 0 aromatic carbocycles. The van der Waals surface area contributed by atoms with Gasteiger partial charge in [-0.2, -0.15) is 0 Å². The van der Waals surface area contributed by atoms with Gasteiger partial charge in [0.15, 0.2) is 0 Å². The van der Waals surface area contributed by atoms with Crippen LogP contribution in [0.2, 0.25) is 0 Å². The molecular formula is C14H32NP. The van der Waals surface area contributed by atoms with E-state index in [4.69, 9.17) is 0 Å². The summed E-state index contributed by atoms with van der Waals surface area (Å²) in [5, 5.41) is 0. The molecule has 2 heteroatoms. The summed E-state index contributed by atoms with van der Waals surface area (Å²) in [4.78, 5) is 0. The fourth-order valence-electron chi connectivity index (χ4n) is 1.95. The molecule has 0 bridgehead atoms. The van der Waals surface area contributed by atoms with E-state index in [9.17, 15) is 0 Å². The van der Waals surface area contributed by atoms with Crippen LogP contribution in [-0.4, -0.2) is 17.8 Å². The second-order valence-corrected chi connectivity index (χ2v) is 5.59. The summed E-state index contributed by atoms with van der Waals surface area (Å²) in [5.74, 6) is 0. The van der Waals surface area contributed by atoms with E-state index in [1.54, 1.807) is 0 Å². The topological polar surface area (TPSA) is 3.24 Å². The first-order valence-corrected chi connectivity index (χ1v) is 7.82. The summed E-state index contributed by atoms with van der Waals surface area (Å²) >= 11 is 0. The molecule has 0 aliphatic carbocycles. The van der Waals surface area contributed by atoms with Crippen molar-refractivity contribution >= 4 is 9.39 Å². The molecule has 0 aliphatic rings. The maximum absolute atomic E-state index is 2.89. The van der Waals surface area contributed by atoms with Gasteiger partial charge in [-0.15, -0.1) is 0 Å². The number of hydrogen-bond acceptors (Lipinski definition) is 1. The molecule has 0 aromatic rings. The van der Waals surface area contributed by atoms with Gasteiger partial charge in [-0.25, -0.2) is 0 Å². The SMILES string of the molecule is CCCCCCCN(P)CCCCCCC. The van der Waals surface area contributed by atoms with E-state index in [-0.39, 0.29) is 0 Å². The molecule has 1 atom stereocenters. The van der Waals surface area contributed by atoms with Crippen molar-refractivity contribution < 1.29 is 0 Å². The highest BCUT2D eigenvalue weighted by molar-refractivity contribution is 7.13. The van der Waals surface area contributed by atoms with Crippen LogP contribution in [0.15, 0.2) is 0 Å². The van der Waals surface area contributed by atoms with Crippen molar-refractivity contribution in [2.24, 2.45) is 0 Å². The Morgan fingerprint density at radius 3 is 1.38 bits per heavy atom. The lowest BCUT2D eigenvalue weighted by atomic mass is 10.1. The van der Waals surface area contributed by atoms with Gasteiger partial charge in [-0.3, -0.25) is 4.67 Å². The van der Waals surface area contributed by atoms with E-state index in [1.807, 2.05) is 0 Å². The lowest BCUT2D eigenvalue weighted by Crippen LogP contribution is -2.14. The highest BCUT2D eigenvalue weighted by atomic mass is 31.0. The molecule has 0 heterocycles. The number of unbranched alkanes of at least 4 members (excludes halogenated alkanes) is 8. The largest absolute Gasteiger partial charge is 0.287 e. The van der Waals surface area contributed by atoms with Gasteiger partial charge in [-0.1, -0.05) is 74.6 Å². The lowest BCUT2D eigenvalue weighted by Gasteiger charge is -2.15. The number of rotatable bonds is 12. The summed E-state index contributed by atoms with van der Waals surface area (Å²) in [5.41, 5.74) is 0. The van der Waals surface area contributed by atoms with Crippen molar-refractivity contribution in [3.8, 4) is 0 Å². The van der Waals surface area contributed by atoms with Gasteiger partial charge in [0.25, 0.3) is 0 Å². The first-order valence-electron chi connectivity index (χ1n) is 7.30. The van der Waals surface area contributed by atoms with Crippen LogP contribution in [0.25, 0.3) is 0 Å². The zero-order valence-electron chi connectivity index (χ0n) is 11.5. The molecular weight excluding hydrogens is 213 g/mol. The van der Waals surface area contributed by atoms with Crippen molar-refractivity contribution in [2.45, 2.75) is 78.1 Å².